The molecule has 15 heteroatoms. The highest BCUT2D eigenvalue weighted by atomic mass is 35.5. The maximum Gasteiger partial charge on any atom is 0.490 e. The highest BCUT2D eigenvalue weighted by Crippen LogP contribution is 2.38. The maximum absolute atomic E-state index is 14.7. The smallest absolute Gasteiger partial charge is 0.475 e. The molecule has 0 spiro atoms. The van der Waals surface area contributed by atoms with Gasteiger partial charge in [-0.25, -0.2) is 22.6 Å². The Morgan fingerprint density at radius 2 is 1.95 bits per heavy atom. The lowest BCUT2D eigenvalue weighted by Gasteiger charge is -2.25. The predicted octanol–water partition coefficient (Wildman–Crippen LogP) is 5.79. The summed E-state index contributed by atoms with van der Waals surface area (Å²) < 4.78 is 73.8. The van der Waals surface area contributed by atoms with Gasteiger partial charge < -0.3 is 10.4 Å². The van der Waals surface area contributed by atoms with Crippen LogP contribution in [0.15, 0.2) is 52.2 Å². The zero-order chi connectivity index (χ0) is 29.1. The standard InChI is InChI=1S/C23H24ClFN4O2S2.C2HF3O2/c24-18-9-22(33(30,31)28-23-13-32-14-27-23)19(25)10-20(18)26-11-15-7-8-29(12-15)21-6-5-16-3-1-2-4-17(16)21;3-2(4,5)1(6)7/h1-4,9-10,13-15,21,26,28H,5-8,11-12H2;(H,6,7)/t15-,21-;/m0./s1. The van der Waals surface area contributed by atoms with Gasteiger partial charge in [0.05, 0.1) is 16.2 Å². The van der Waals surface area contributed by atoms with Crippen molar-refractivity contribution in [1.29, 1.82) is 0 Å². The van der Waals surface area contributed by atoms with E-state index in [0.29, 0.717) is 24.2 Å². The fourth-order valence-electron chi connectivity index (χ4n) is 4.81. The number of rotatable bonds is 7. The fourth-order valence-corrected chi connectivity index (χ4v) is 6.75. The van der Waals surface area contributed by atoms with Gasteiger partial charge in [0, 0.05) is 24.5 Å². The Morgan fingerprint density at radius 1 is 1.23 bits per heavy atom. The second kappa shape index (κ2) is 12.3. The molecule has 216 valence electrons. The largest absolute Gasteiger partial charge is 0.490 e. The van der Waals surface area contributed by atoms with Crippen LogP contribution in [0.3, 0.4) is 0 Å². The summed E-state index contributed by atoms with van der Waals surface area (Å²) in [6.07, 6.45) is -1.75. The SMILES string of the molecule is O=C(O)C(F)(F)F.O=S(=O)(Nc1cscn1)c1cc(Cl)c(NC[C@@H]2CCN([C@H]3CCc4ccccc43)C2)cc1F. The van der Waals surface area contributed by atoms with Crippen molar-refractivity contribution >= 4 is 50.4 Å². The van der Waals surface area contributed by atoms with Crippen LogP contribution in [0.1, 0.15) is 30.0 Å². The molecule has 2 aromatic carbocycles. The van der Waals surface area contributed by atoms with Crippen molar-refractivity contribution < 1.29 is 35.9 Å². The molecule has 2 heterocycles. The quantitative estimate of drug-likeness (QED) is 0.287. The summed E-state index contributed by atoms with van der Waals surface area (Å²) in [5.74, 6) is -3.06. The van der Waals surface area contributed by atoms with Gasteiger partial charge in [-0.1, -0.05) is 35.9 Å². The first-order valence-corrected chi connectivity index (χ1v) is 14.9. The molecule has 40 heavy (non-hydrogen) atoms. The van der Waals surface area contributed by atoms with Gasteiger partial charge in [0.1, 0.15) is 10.7 Å². The molecule has 0 radical (unpaired) electrons. The number of alkyl halides is 3. The highest BCUT2D eigenvalue weighted by molar-refractivity contribution is 7.92. The van der Waals surface area contributed by atoms with Crippen molar-refractivity contribution in [2.24, 2.45) is 5.92 Å². The van der Waals surface area contributed by atoms with E-state index in [4.69, 9.17) is 21.5 Å². The molecule has 1 aliphatic heterocycles. The number of thiazole rings is 1. The van der Waals surface area contributed by atoms with Crippen molar-refractivity contribution in [1.82, 2.24) is 9.88 Å². The summed E-state index contributed by atoms with van der Waals surface area (Å²) >= 11 is 7.56. The topological polar surface area (TPSA) is 112 Å². The third-order valence-electron chi connectivity index (χ3n) is 6.67. The zero-order valence-corrected chi connectivity index (χ0v) is 23.2. The third-order valence-corrected chi connectivity index (χ3v) is 8.93. The van der Waals surface area contributed by atoms with Gasteiger partial charge >= 0.3 is 12.1 Å². The van der Waals surface area contributed by atoms with Gasteiger partial charge in [-0.3, -0.25) is 9.62 Å². The number of sulfonamides is 1. The first kappa shape index (κ1) is 30.0. The van der Waals surface area contributed by atoms with Crippen LogP contribution < -0.4 is 10.0 Å². The van der Waals surface area contributed by atoms with Gasteiger partial charge in [0.2, 0.25) is 0 Å². The van der Waals surface area contributed by atoms with E-state index in [1.54, 1.807) is 0 Å². The molecule has 5 rings (SSSR count). The molecule has 1 aromatic heterocycles. The lowest BCUT2D eigenvalue weighted by molar-refractivity contribution is -0.192. The minimum atomic E-state index is -5.08. The Bertz CT molecular complexity index is 1460. The molecule has 0 amide bonds. The Labute approximate surface area is 237 Å². The molecule has 2 atom stereocenters. The number of fused-ring (bicyclic) bond motifs is 1. The number of benzene rings is 2. The number of nitrogens with one attached hydrogen (secondary N) is 2. The van der Waals surface area contributed by atoms with Crippen LogP contribution in [0.25, 0.3) is 0 Å². The van der Waals surface area contributed by atoms with Crippen LogP contribution >= 0.6 is 22.9 Å². The number of aryl methyl sites for hydroxylation is 1. The number of nitrogens with zero attached hydrogens (tertiary/aromatic N) is 2. The van der Waals surface area contributed by atoms with Crippen molar-refractivity contribution in [3.63, 3.8) is 0 Å². The predicted molar refractivity (Wildman–Crippen MR) is 144 cm³/mol. The Morgan fingerprint density at radius 3 is 2.62 bits per heavy atom. The lowest BCUT2D eigenvalue weighted by Crippen LogP contribution is -2.26. The Hall–Kier alpha value is -2.94. The van der Waals surface area contributed by atoms with Crippen LogP contribution in [0.4, 0.5) is 29.1 Å². The molecule has 3 N–H and O–H groups in total. The molecular weight excluding hydrogens is 596 g/mol. The average molecular weight is 621 g/mol. The number of carbonyl (C=O) groups is 1. The Kier molecular flexibility index (Phi) is 9.22. The van der Waals surface area contributed by atoms with E-state index < -0.39 is 32.9 Å². The number of carboxylic acids is 1. The number of hydrogen-bond acceptors (Lipinski definition) is 7. The monoisotopic (exact) mass is 620 g/mol. The number of aliphatic carboxylic acids is 1. The van der Waals surface area contributed by atoms with E-state index in [1.165, 1.54) is 33.4 Å². The summed E-state index contributed by atoms with van der Waals surface area (Å²) in [6.45, 7) is 2.65. The lowest BCUT2D eigenvalue weighted by atomic mass is 10.1. The minimum absolute atomic E-state index is 0.147. The number of likely N-dealkylation sites (tertiary alicyclic amines) is 1. The van der Waals surface area contributed by atoms with E-state index in [2.05, 4.69) is 44.2 Å². The molecule has 1 aliphatic carbocycles. The van der Waals surface area contributed by atoms with Gasteiger partial charge in [0.25, 0.3) is 10.0 Å². The summed E-state index contributed by atoms with van der Waals surface area (Å²) in [5, 5.41) is 12.0. The molecule has 0 bridgehead atoms. The zero-order valence-electron chi connectivity index (χ0n) is 20.8. The van der Waals surface area contributed by atoms with Crippen LogP contribution in [-0.4, -0.2) is 55.2 Å². The first-order valence-electron chi connectivity index (χ1n) is 12.1. The molecule has 1 saturated heterocycles. The number of anilines is 2. The summed E-state index contributed by atoms with van der Waals surface area (Å²) in [5.41, 5.74) is 4.78. The van der Waals surface area contributed by atoms with Gasteiger partial charge in [-0.05, 0) is 55.0 Å². The van der Waals surface area contributed by atoms with Crippen molar-refractivity contribution in [2.45, 2.75) is 36.4 Å². The van der Waals surface area contributed by atoms with E-state index in [0.717, 1.165) is 44.5 Å². The summed E-state index contributed by atoms with van der Waals surface area (Å²) in [4.78, 5) is 14.8. The molecule has 2 aliphatic rings. The molecule has 0 saturated carbocycles. The second-order valence-electron chi connectivity index (χ2n) is 9.33. The molecule has 0 unspecified atom stereocenters. The van der Waals surface area contributed by atoms with Gasteiger partial charge in [-0.15, -0.1) is 11.3 Å². The van der Waals surface area contributed by atoms with E-state index in [-0.39, 0.29) is 10.8 Å². The van der Waals surface area contributed by atoms with E-state index >= 15 is 0 Å². The average Bonchev–Trinajstić information content (AvgIpc) is 3.64. The summed E-state index contributed by atoms with van der Waals surface area (Å²) in [6, 6.07) is 11.4. The normalized spacial score (nSPS) is 19.0. The summed E-state index contributed by atoms with van der Waals surface area (Å²) in [7, 11) is -4.12. The highest BCUT2D eigenvalue weighted by Gasteiger charge is 2.38. The van der Waals surface area contributed by atoms with Crippen LogP contribution in [0, 0.1) is 11.7 Å². The first-order chi connectivity index (χ1) is 18.8. The van der Waals surface area contributed by atoms with E-state index in [9.17, 15) is 26.0 Å². The number of halogens is 5. The number of aromatic nitrogens is 1. The van der Waals surface area contributed by atoms with E-state index in [1.807, 2.05) is 0 Å². The Balaban J connectivity index is 0.000000470. The number of carboxylic acid groups (broad SMARTS) is 1. The van der Waals surface area contributed by atoms with Crippen LogP contribution in [-0.2, 0) is 21.2 Å². The van der Waals surface area contributed by atoms with Crippen LogP contribution in [0.5, 0.6) is 0 Å². The second-order valence-corrected chi connectivity index (χ2v) is 12.1. The number of hydrogen-bond donors (Lipinski definition) is 3. The van der Waals surface area contributed by atoms with Gasteiger partial charge in [0.15, 0.2) is 5.82 Å². The van der Waals surface area contributed by atoms with Gasteiger partial charge in [-0.2, -0.15) is 13.2 Å². The molecule has 8 nitrogen and oxygen atoms in total. The fraction of sp³-hybridized carbons (Fsp3) is 0.360. The van der Waals surface area contributed by atoms with Crippen molar-refractivity contribution in [3.8, 4) is 0 Å². The molecular formula is C25H25ClF4N4O4S2. The van der Waals surface area contributed by atoms with Crippen molar-refractivity contribution in [2.75, 3.05) is 29.7 Å². The minimum Gasteiger partial charge on any atom is -0.475 e. The van der Waals surface area contributed by atoms with Crippen molar-refractivity contribution in [3.05, 3.63) is 69.3 Å². The third kappa shape index (κ3) is 7.22. The van der Waals surface area contributed by atoms with Crippen LogP contribution in [0.2, 0.25) is 5.02 Å². The molecule has 1 fully saturated rings. The molecule has 3 aromatic rings. The maximum atomic E-state index is 14.7.